The Morgan fingerprint density at radius 3 is 2.75 bits per heavy atom. The molecule has 1 amide bonds. The van der Waals surface area contributed by atoms with E-state index in [1.165, 1.54) is 24.1 Å². The Hall–Kier alpha value is -2.64. The Labute approximate surface area is 136 Å². The standard InChI is InChI=1S/C16H16F2N2O4/c1-23-16(22)20-5-4-10(14-8-15(21)19-24-14)7-13(20)9-2-3-11(17)12(18)6-9/h2-3,6,8,10,13H,4-5,7H2,1H3,(H,19,21). The summed E-state index contributed by atoms with van der Waals surface area (Å²) in [6.07, 6.45) is 0.426. The second-order valence-corrected chi connectivity index (χ2v) is 5.69. The van der Waals surface area contributed by atoms with Gasteiger partial charge in [-0.05, 0) is 30.5 Å². The Bertz CT molecular complexity index is 801. The zero-order valence-corrected chi connectivity index (χ0v) is 12.9. The number of rotatable bonds is 2. The maximum absolute atomic E-state index is 13.6. The number of methoxy groups -OCH3 is 1. The molecular weight excluding hydrogens is 322 g/mol. The molecule has 128 valence electrons. The lowest BCUT2D eigenvalue weighted by molar-refractivity contribution is 0.0813. The van der Waals surface area contributed by atoms with Crippen LogP contribution in [0.5, 0.6) is 0 Å². The summed E-state index contributed by atoms with van der Waals surface area (Å²) in [6, 6.07) is 4.40. The molecule has 0 aliphatic carbocycles. The Morgan fingerprint density at radius 2 is 2.12 bits per heavy atom. The van der Waals surface area contributed by atoms with E-state index in [1.807, 2.05) is 0 Å². The Balaban J connectivity index is 1.93. The number of amides is 1. The Kier molecular flexibility index (Phi) is 4.37. The van der Waals surface area contributed by atoms with Crippen LogP contribution in [0.1, 0.15) is 36.1 Å². The zero-order valence-electron chi connectivity index (χ0n) is 12.9. The van der Waals surface area contributed by atoms with Crippen LogP contribution in [-0.2, 0) is 4.74 Å². The lowest BCUT2D eigenvalue weighted by atomic mass is 9.86. The highest BCUT2D eigenvalue weighted by Gasteiger charge is 2.35. The molecule has 3 rings (SSSR count). The second kappa shape index (κ2) is 6.46. The van der Waals surface area contributed by atoms with Gasteiger partial charge < -0.3 is 14.2 Å². The summed E-state index contributed by atoms with van der Waals surface area (Å²) in [5.74, 6) is -1.57. The molecule has 1 saturated heterocycles. The quantitative estimate of drug-likeness (QED) is 0.913. The molecule has 1 aliphatic heterocycles. The van der Waals surface area contributed by atoms with E-state index >= 15 is 0 Å². The molecule has 1 fully saturated rings. The van der Waals surface area contributed by atoms with Gasteiger partial charge in [0.15, 0.2) is 11.6 Å². The van der Waals surface area contributed by atoms with Gasteiger partial charge in [0.2, 0.25) is 0 Å². The minimum Gasteiger partial charge on any atom is -0.453 e. The third-order valence-corrected chi connectivity index (χ3v) is 4.29. The first-order valence-corrected chi connectivity index (χ1v) is 7.47. The maximum Gasteiger partial charge on any atom is 0.409 e. The Morgan fingerprint density at radius 1 is 1.33 bits per heavy atom. The number of aromatic nitrogens is 1. The van der Waals surface area contributed by atoms with E-state index in [9.17, 15) is 18.4 Å². The third kappa shape index (κ3) is 3.04. The first-order chi connectivity index (χ1) is 11.5. The van der Waals surface area contributed by atoms with Crippen molar-refractivity contribution in [2.75, 3.05) is 13.7 Å². The molecule has 1 aromatic heterocycles. The number of piperidine rings is 1. The predicted octanol–water partition coefficient (Wildman–Crippen LogP) is 2.93. The summed E-state index contributed by atoms with van der Waals surface area (Å²) in [5, 5.41) is 2.24. The molecule has 0 bridgehead atoms. The topological polar surface area (TPSA) is 75.5 Å². The van der Waals surface area contributed by atoms with Gasteiger partial charge >= 0.3 is 6.09 Å². The average molecular weight is 338 g/mol. The number of likely N-dealkylation sites (tertiary alicyclic amines) is 1. The molecule has 2 aromatic rings. The van der Waals surface area contributed by atoms with Gasteiger partial charge in [0, 0.05) is 18.5 Å². The summed E-state index contributed by atoms with van der Waals surface area (Å²) < 4.78 is 36.7. The molecule has 2 unspecified atom stereocenters. The molecule has 8 heteroatoms. The summed E-state index contributed by atoms with van der Waals surface area (Å²) >= 11 is 0. The normalized spacial score (nSPS) is 20.9. The van der Waals surface area contributed by atoms with Crippen molar-refractivity contribution >= 4 is 6.09 Å². The number of carbonyl (C=O) groups is 1. The van der Waals surface area contributed by atoms with Crippen molar-refractivity contribution in [1.29, 1.82) is 0 Å². The highest BCUT2D eigenvalue weighted by molar-refractivity contribution is 5.68. The molecule has 1 aliphatic rings. The fourth-order valence-electron chi connectivity index (χ4n) is 3.09. The number of nitrogens with zero attached hydrogens (tertiary/aromatic N) is 1. The fourth-order valence-corrected chi connectivity index (χ4v) is 3.09. The van der Waals surface area contributed by atoms with Gasteiger partial charge in [0.1, 0.15) is 5.76 Å². The fraction of sp³-hybridized carbons (Fsp3) is 0.375. The van der Waals surface area contributed by atoms with Crippen LogP contribution in [0.3, 0.4) is 0 Å². The molecule has 0 radical (unpaired) electrons. The first-order valence-electron chi connectivity index (χ1n) is 7.47. The molecule has 24 heavy (non-hydrogen) atoms. The van der Waals surface area contributed by atoms with E-state index in [1.54, 1.807) is 0 Å². The number of nitrogens with one attached hydrogen (secondary N) is 1. The van der Waals surface area contributed by atoms with E-state index in [0.717, 1.165) is 12.1 Å². The summed E-state index contributed by atoms with van der Waals surface area (Å²) in [5.41, 5.74) is 0.117. The molecule has 0 spiro atoms. The zero-order chi connectivity index (χ0) is 17.3. The van der Waals surface area contributed by atoms with Gasteiger partial charge in [0.05, 0.1) is 13.2 Å². The molecule has 1 N–H and O–H groups in total. The highest BCUT2D eigenvalue weighted by Crippen LogP contribution is 2.39. The van der Waals surface area contributed by atoms with Crippen molar-refractivity contribution in [3.8, 4) is 0 Å². The van der Waals surface area contributed by atoms with E-state index in [0.29, 0.717) is 30.7 Å². The smallest absolute Gasteiger partial charge is 0.409 e. The largest absolute Gasteiger partial charge is 0.453 e. The van der Waals surface area contributed by atoms with Crippen LogP contribution in [0.15, 0.2) is 33.6 Å². The van der Waals surface area contributed by atoms with Crippen LogP contribution in [0.4, 0.5) is 13.6 Å². The lowest BCUT2D eigenvalue weighted by Crippen LogP contribution is -2.40. The number of H-pyrrole nitrogens is 1. The number of hydrogen-bond acceptors (Lipinski definition) is 4. The van der Waals surface area contributed by atoms with Crippen LogP contribution in [0, 0.1) is 11.6 Å². The van der Waals surface area contributed by atoms with Gasteiger partial charge in [-0.15, -0.1) is 0 Å². The summed E-state index contributed by atoms with van der Waals surface area (Å²) in [6.45, 7) is 0.343. The summed E-state index contributed by atoms with van der Waals surface area (Å²) in [7, 11) is 1.27. The molecule has 6 nitrogen and oxygen atoms in total. The van der Waals surface area contributed by atoms with Gasteiger partial charge in [0.25, 0.3) is 5.56 Å². The molecular formula is C16H16F2N2O4. The molecule has 0 saturated carbocycles. The van der Waals surface area contributed by atoms with E-state index in [4.69, 9.17) is 9.26 Å². The van der Waals surface area contributed by atoms with Crippen molar-refractivity contribution in [3.05, 3.63) is 57.6 Å². The van der Waals surface area contributed by atoms with Crippen molar-refractivity contribution in [2.45, 2.75) is 24.8 Å². The lowest BCUT2D eigenvalue weighted by Gasteiger charge is -2.38. The van der Waals surface area contributed by atoms with E-state index in [-0.39, 0.29) is 11.5 Å². The molecule has 2 heterocycles. The highest BCUT2D eigenvalue weighted by atomic mass is 19.2. The van der Waals surface area contributed by atoms with Crippen LogP contribution in [0.25, 0.3) is 0 Å². The number of carbonyl (C=O) groups excluding carboxylic acids is 1. The van der Waals surface area contributed by atoms with Gasteiger partial charge in [-0.1, -0.05) is 6.07 Å². The van der Waals surface area contributed by atoms with Crippen LogP contribution in [0.2, 0.25) is 0 Å². The van der Waals surface area contributed by atoms with E-state index < -0.39 is 23.8 Å². The first kappa shape index (κ1) is 16.2. The van der Waals surface area contributed by atoms with Gasteiger partial charge in [-0.2, -0.15) is 5.16 Å². The van der Waals surface area contributed by atoms with Crippen LogP contribution in [-0.4, -0.2) is 29.8 Å². The SMILES string of the molecule is COC(=O)N1CCC(c2cc(=O)[nH]o2)CC1c1ccc(F)c(F)c1. The average Bonchev–Trinajstić information content (AvgIpc) is 3.02. The van der Waals surface area contributed by atoms with Crippen molar-refractivity contribution in [1.82, 2.24) is 10.1 Å². The van der Waals surface area contributed by atoms with Crippen molar-refractivity contribution < 1.29 is 22.8 Å². The second-order valence-electron chi connectivity index (χ2n) is 5.69. The monoisotopic (exact) mass is 338 g/mol. The van der Waals surface area contributed by atoms with Crippen LogP contribution < -0.4 is 5.56 Å². The van der Waals surface area contributed by atoms with E-state index in [2.05, 4.69) is 5.16 Å². The predicted molar refractivity (Wildman–Crippen MR) is 79.5 cm³/mol. The van der Waals surface area contributed by atoms with Crippen molar-refractivity contribution in [2.24, 2.45) is 0 Å². The van der Waals surface area contributed by atoms with Crippen molar-refractivity contribution in [3.63, 3.8) is 0 Å². The maximum atomic E-state index is 13.6. The molecule has 2 atom stereocenters. The number of ether oxygens (including phenoxy) is 1. The summed E-state index contributed by atoms with van der Waals surface area (Å²) in [4.78, 5) is 24.7. The minimum absolute atomic E-state index is 0.122. The number of halogens is 2. The number of hydrogen-bond donors (Lipinski definition) is 1. The molecule has 1 aromatic carbocycles. The van der Waals surface area contributed by atoms with Crippen LogP contribution >= 0.6 is 0 Å². The minimum atomic E-state index is -0.979. The number of benzene rings is 1. The third-order valence-electron chi connectivity index (χ3n) is 4.29. The number of aromatic amines is 1. The van der Waals surface area contributed by atoms with Gasteiger partial charge in [-0.25, -0.2) is 13.6 Å². The van der Waals surface area contributed by atoms with Gasteiger partial charge in [-0.3, -0.25) is 4.79 Å².